The number of nitrogens with zero attached hydrogens (tertiary/aromatic N) is 1. The Bertz CT molecular complexity index is 373. The summed E-state index contributed by atoms with van der Waals surface area (Å²) in [5.74, 6) is 1.79. The van der Waals surface area contributed by atoms with Crippen molar-refractivity contribution in [2.45, 2.75) is 78.8 Å². The molecule has 2 bridgehead atoms. The quantitative estimate of drug-likeness (QED) is 0.845. The van der Waals surface area contributed by atoms with Crippen LogP contribution in [0.3, 0.4) is 0 Å². The van der Waals surface area contributed by atoms with E-state index in [1.54, 1.807) is 0 Å². The van der Waals surface area contributed by atoms with Gasteiger partial charge in [0.2, 0.25) is 0 Å². The van der Waals surface area contributed by atoms with E-state index in [0.29, 0.717) is 16.9 Å². The first-order valence-corrected chi connectivity index (χ1v) is 9.35. The van der Waals surface area contributed by atoms with E-state index >= 15 is 0 Å². The van der Waals surface area contributed by atoms with Crippen molar-refractivity contribution in [3.05, 3.63) is 0 Å². The van der Waals surface area contributed by atoms with E-state index in [9.17, 15) is 0 Å². The fourth-order valence-electron chi connectivity index (χ4n) is 5.90. The summed E-state index contributed by atoms with van der Waals surface area (Å²) in [6.45, 7) is 16.2. The zero-order valence-corrected chi connectivity index (χ0v) is 14.9. The molecule has 2 aliphatic carbocycles. The Labute approximate surface area is 132 Å². The van der Waals surface area contributed by atoms with Gasteiger partial charge in [-0.3, -0.25) is 0 Å². The maximum Gasteiger partial charge on any atom is 0.0177 e. The van der Waals surface area contributed by atoms with E-state index < -0.39 is 0 Å². The van der Waals surface area contributed by atoms with Crippen LogP contribution in [0.25, 0.3) is 0 Å². The minimum Gasteiger partial charge on any atom is -0.310 e. The Balaban J connectivity index is 1.65. The molecule has 3 fully saturated rings. The summed E-state index contributed by atoms with van der Waals surface area (Å²) in [6.07, 6.45) is 7.16. The van der Waals surface area contributed by atoms with E-state index in [0.717, 1.165) is 17.9 Å². The Morgan fingerprint density at radius 2 is 2.00 bits per heavy atom. The molecule has 5 unspecified atom stereocenters. The zero-order chi connectivity index (χ0) is 15.3. The second-order valence-electron chi connectivity index (χ2n) is 9.10. The third-order valence-corrected chi connectivity index (χ3v) is 7.40. The number of nitrogens with one attached hydrogen (secondary N) is 1. The van der Waals surface area contributed by atoms with Gasteiger partial charge in [-0.2, -0.15) is 0 Å². The summed E-state index contributed by atoms with van der Waals surface area (Å²) in [4.78, 5) is 2.64. The zero-order valence-electron chi connectivity index (χ0n) is 14.9. The lowest BCUT2D eigenvalue weighted by atomic mass is 9.68. The average molecular weight is 293 g/mol. The van der Waals surface area contributed by atoms with Gasteiger partial charge in [-0.25, -0.2) is 0 Å². The number of hydrogen-bond donors (Lipinski definition) is 1. The molecule has 2 saturated carbocycles. The van der Waals surface area contributed by atoms with Gasteiger partial charge < -0.3 is 10.2 Å². The highest BCUT2D eigenvalue weighted by Gasteiger charge is 2.59. The van der Waals surface area contributed by atoms with Crippen molar-refractivity contribution in [3.8, 4) is 0 Å². The van der Waals surface area contributed by atoms with Crippen molar-refractivity contribution < 1.29 is 0 Å². The first-order valence-electron chi connectivity index (χ1n) is 9.35. The maximum atomic E-state index is 4.13. The molecule has 3 rings (SSSR count). The van der Waals surface area contributed by atoms with Gasteiger partial charge in [-0.15, -0.1) is 0 Å². The SMILES string of the molecule is CCN1CCCC(C(C)NC2C3(C)CCC(C3)C2(C)C)C1. The highest BCUT2D eigenvalue weighted by molar-refractivity contribution is 5.12. The summed E-state index contributed by atoms with van der Waals surface area (Å²) < 4.78 is 0. The lowest BCUT2D eigenvalue weighted by Crippen LogP contribution is -2.56. The topological polar surface area (TPSA) is 15.3 Å². The fourth-order valence-corrected chi connectivity index (χ4v) is 5.90. The Kier molecular flexibility index (Phi) is 4.16. The lowest BCUT2D eigenvalue weighted by molar-refractivity contribution is 0.0777. The molecule has 0 spiro atoms. The van der Waals surface area contributed by atoms with Gasteiger partial charge in [0.15, 0.2) is 0 Å². The number of fused-ring (bicyclic) bond motifs is 2. The molecule has 1 N–H and O–H groups in total. The maximum absolute atomic E-state index is 4.13. The summed E-state index contributed by atoms with van der Waals surface area (Å²) >= 11 is 0. The van der Waals surface area contributed by atoms with Gasteiger partial charge in [0.05, 0.1) is 0 Å². The number of rotatable bonds is 4. The molecule has 0 aromatic heterocycles. The van der Waals surface area contributed by atoms with E-state index in [1.165, 1.54) is 51.7 Å². The van der Waals surface area contributed by atoms with Crippen LogP contribution in [0.5, 0.6) is 0 Å². The van der Waals surface area contributed by atoms with Crippen LogP contribution in [-0.2, 0) is 0 Å². The number of likely N-dealkylation sites (tertiary alicyclic amines) is 1. The fraction of sp³-hybridized carbons (Fsp3) is 1.00. The minimum atomic E-state index is 0.486. The second kappa shape index (κ2) is 5.53. The lowest BCUT2D eigenvalue weighted by Gasteiger charge is -2.46. The second-order valence-corrected chi connectivity index (χ2v) is 9.10. The smallest absolute Gasteiger partial charge is 0.0177 e. The number of hydrogen-bond acceptors (Lipinski definition) is 2. The number of piperidine rings is 1. The molecule has 5 atom stereocenters. The van der Waals surface area contributed by atoms with Gasteiger partial charge >= 0.3 is 0 Å². The van der Waals surface area contributed by atoms with Gasteiger partial charge in [-0.1, -0.05) is 27.7 Å². The summed E-state index contributed by atoms with van der Waals surface area (Å²) in [6, 6.07) is 1.38. The Morgan fingerprint density at radius 3 is 2.62 bits per heavy atom. The van der Waals surface area contributed by atoms with E-state index in [2.05, 4.69) is 44.8 Å². The normalized spacial score (nSPS) is 44.1. The highest BCUT2D eigenvalue weighted by atomic mass is 15.1. The van der Waals surface area contributed by atoms with Crippen LogP contribution < -0.4 is 5.32 Å². The molecule has 122 valence electrons. The molecule has 0 radical (unpaired) electrons. The van der Waals surface area contributed by atoms with Crippen LogP contribution >= 0.6 is 0 Å². The Hall–Kier alpha value is -0.0800. The molecule has 1 saturated heterocycles. The van der Waals surface area contributed by atoms with E-state index in [1.807, 2.05) is 0 Å². The molecule has 2 heteroatoms. The molecule has 0 amide bonds. The first-order chi connectivity index (χ1) is 9.87. The third-order valence-electron chi connectivity index (χ3n) is 7.40. The van der Waals surface area contributed by atoms with E-state index in [-0.39, 0.29) is 0 Å². The average Bonchev–Trinajstić information content (AvgIpc) is 2.94. The molecule has 1 aliphatic heterocycles. The predicted molar refractivity (Wildman–Crippen MR) is 90.5 cm³/mol. The van der Waals surface area contributed by atoms with Crippen LogP contribution in [0.1, 0.15) is 66.7 Å². The van der Waals surface area contributed by atoms with Crippen molar-refractivity contribution in [2.75, 3.05) is 19.6 Å². The van der Waals surface area contributed by atoms with Crippen molar-refractivity contribution in [3.63, 3.8) is 0 Å². The van der Waals surface area contributed by atoms with Crippen LogP contribution in [0.15, 0.2) is 0 Å². The molecule has 0 aromatic rings. The molecule has 1 heterocycles. The molecule has 2 nitrogen and oxygen atoms in total. The largest absolute Gasteiger partial charge is 0.310 e. The van der Waals surface area contributed by atoms with Crippen LogP contribution in [0.2, 0.25) is 0 Å². The van der Waals surface area contributed by atoms with Crippen molar-refractivity contribution in [2.24, 2.45) is 22.7 Å². The minimum absolute atomic E-state index is 0.486. The van der Waals surface area contributed by atoms with Gasteiger partial charge in [-0.05, 0) is 74.8 Å². The van der Waals surface area contributed by atoms with Crippen LogP contribution in [0.4, 0.5) is 0 Å². The van der Waals surface area contributed by atoms with Gasteiger partial charge in [0.1, 0.15) is 0 Å². The standard InChI is InChI=1S/C19H36N2/c1-6-21-11-7-8-15(13-21)14(2)20-17-18(3,4)16-9-10-19(17,5)12-16/h14-17,20H,6-13H2,1-5H3. The Morgan fingerprint density at radius 1 is 1.24 bits per heavy atom. The summed E-state index contributed by atoms with van der Waals surface area (Å²) in [7, 11) is 0. The van der Waals surface area contributed by atoms with Crippen molar-refractivity contribution >= 4 is 0 Å². The highest BCUT2D eigenvalue weighted by Crippen LogP contribution is 2.62. The summed E-state index contributed by atoms with van der Waals surface area (Å²) in [5.41, 5.74) is 1.04. The van der Waals surface area contributed by atoms with Crippen molar-refractivity contribution in [1.82, 2.24) is 10.2 Å². The van der Waals surface area contributed by atoms with Crippen LogP contribution in [0, 0.1) is 22.7 Å². The van der Waals surface area contributed by atoms with Gasteiger partial charge in [0.25, 0.3) is 0 Å². The first kappa shape index (κ1) is 15.8. The van der Waals surface area contributed by atoms with Crippen molar-refractivity contribution in [1.29, 1.82) is 0 Å². The third kappa shape index (κ3) is 2.67. The molecule has 3 aliphatic rings. The predicted octanol–water partition coefficient (Wildman–Crippen LogP) is 3.91. The molecular weight excluding hydrogens is 256 g/mol. The van der Waals surface area contributed by atoms with Gasteiger partial charge in [0, 0.05) is 18.6 Å². The van der Waals surface area contributed by atoms with E-state index in [4.69, 9.17) is 0 Å². The molecule has 0 aromatic carbocycles. The van der Waals surface area contributed by atoms with Crippen LogP contribution in [-0.4, -0.2) is 36.6 Å². The monoisotopic (exact) mass is 292 g/mol. The molecule has 21 heavy (non-hydrogen) atoms. The summed E-state index contributed by atoms with van der Waals surface area (Å²) in [5, 5.41) is 4.13. The molecular formula is C19H36N2.